The Balaban J connectivity index is 0. The molecule has 0 spiro atoms. The second-order valence-electron chi connectivity index (χ2n) is 12.0. The summed E-state index contributed by atoms with van der Waals surface area (Å²) < 4.78 is 29.4. The molecule has 231 valence electrons. The molecule has 0 aromatic heterocycles. The minimum absolute atomic E-state index is 0. The Kier molecular flexibility index (Phi) is 37.8. The van der Waals surface area contributed by atoms with E-state index in [2.05, 4.69) is 13.8 Å². The van der Waals surface area contributed by atoms with Gasteiger partial charge in [0, 0.05) is 29.6 Å². The average Bonchev–Trinajstić information content (AvgIpc) is 2.90. The molecule has 0 saturated carbocycles. The zero-order chi connectivity index (χ0) is 27.8. The fourth-order valence-electron chi connectivity index (χ4n) is 5.37. The van der Waals surface area contributed by atoms with Crippen LogP contribution < -0.4 is 0 Å². The second-order valence-corrected chi connectivity index (χ2v) is 13.7. The average molecular weight is 582 g/mol. The molecule has 0 aliphatic carbocycles. The predicted molar refractivity (Wildman–Crippen MR) is 175 cm³/mol. The van der Waals surface area contributed by atoms with Gasteiger partial charge in [-0.1, -0.05) is 194 Å². The van der Waals surface area contributed by atoms with Crippen LogP contribution in [0.15, 0.2) is 0 Å². The Hall–Kier alpha value is 0.910. The van der Waals surface area contributed by atoms with E-state index in [1.165, 1.54) is 161 Å². The van der Waals surface area contributed by atoms with Crippen LogP contribution in [0.1, 0.15) is 206 Å². The number of unbranched alkanes of at least 4 members (excludes halogenated alkanes) is 28. The maximum atomic E-state index is 12.1. The summed E-state index contributed by atoms with van der Waals surface area (Å²) in [6.07, 6.45) is 39.2. The molecule has 0 rings (SSSR count). The number of hydrogen-bond donors (Lipinski definition) is 0. The topological polar surface area (TPSA) is 43.4 Å². The van der Waals surface area contributed by atoms with Crippen molar-refractivity contribution in [1.29, 1.82) is 0 Å². The van der Waals surface area contributed by atoms with E-state index < -0.39 is 10.1 Å². The van der Waals surface area contributed by atoms with Crippen LogP contribution in [0.5, 0.6) is 0 Å². The van der Waals surface area contributed by atoms with Gasteiger partial charge in [-0.2, -0.15) is 8.42 Å². The molecule has 0 aliphatic rings. The van der Waals surface area contributed by atoms with Crippen molar-refractivity contribution in [3.63, 3.8) is 0 Å². The molecule has 39 heavy (non-hydrogen) atoms. The van der Waals surface area contributed by atoms with Crippen molar-refractivity contribution < 1.29 is 12.6 Å². The van der Waals surface area contributed by atoms with Gasteiger partial charge in [0.2, 0.25) is 0 Å². The SMILES string of the molecule is CCCCCCCCCCCCCCCCCCS(=O)(=O)OCCCCCCCCCCCCCCCC.[Na]. The Morgan fingerprint density at radius 1 is 0.359 bits per heavy atom. The zero-order valence-corrected chi connectivity index (χ0v) is 30.1. The van der Waals surface area contributed by atoms with Crippen LogP contribution >= 0.6 is 0 Å². The first-order chi connectivity index (χ1) is 18.6. The Morgan fingerprint density at radius 3 is 0.872 bits per heavy atom. The van der Waals surface area contributed by atoms with Crippen molar-refractivity contribution in [2.24, 2.45) is 0 Å². The fraction of sp³-hybridized carbons (Fsp3) is 1.00. The third-order valence-corrected chi connectivity index (χ3v) is 9.32. The van der Waals surface area contributed by atoms with Gasteiger partial charge in [0.05, 0.1) is 12.4 Å². The van der Waals surface area contributed by atoms with E-state index in [-0.39, 0.29) is 35.3 Å². The Bertz CT molecular complexity index is 539. The minimum atomic E-state index is -3.32. The van der Waals surface area contributed by atoms with Crippen molar-refractivity contribution in [3.8, 4) is 0 Å². The smallest absolute Gasteiger partial charge is 0.267 e. The molecule has 5 heteroatoms. The molecule has 0 amide bonds. The monoisotopic (exact) mass is 581 g/mol. The first-order valence-electron chi connectivity index (χ1n) is 17.5. The Labute approximate surface area is 269 Å². The van der Waals surface area contributed by atoms with Crippen molar-refractivity contribution in [1.82, 2.24) is 0 Å². The van der Waals surface area contributed by atoms with Gasteiger partial charge < -0.3 is 0 Å². The molecule has 0 aromatic carbocycles. The maximum Gasteiger partial charge on any atom is 0.267 e. The van der Waals surface area contributed by atoms with Gasteiger partial charge in [-0.05, 0) is 12.8 Å². The summed E-state index contributed by atoms with van der Waals surface area (Å²) in [5, 5.41) is 0. The summed E-state index contributed by atoms with van der Waals surface area (Å²) in [6.45, 7) is 4.93. The van der Waals surface area contributed by atoms with Gasteiger partial charge >= 0.3 is 0 Å². The van der Waals surface area contributed by atoms with E-state index in [4.69, 9.17) is 4.18 Å². The molecule has 0 fully saturated rings. The van der Waals surface area contributed by atoms with Gasteiger partial charge in [0.25, 0.3) is 10.1 Å². The van der Waals surface area contributed by atoms with E-state index in [9.17, 15) is 8.42 Å². The molecule has 0 aliphatic heterocycles. The molecule has 0 aromatic rings. The molecule has 0 N–H and O–H groups in total. The summed E-state index contributed by atoms with van der Waals surface area (Å²) >= 11 is 0. The van der Waals surface area contributed by atoms with Gasteiger partial charge in [0.15, 0.2) is 0 Å². The summed E-state index contributed by atoms with van der Waals surface area (Å²) in [5.74, 6) is 0.198. The molecule has 3 nitrogen and oxygen atoms in total. The first-order valence-corrected chi connectivity index (χ1v) is 19.1. The maximum absolute atomic E-state index is 12.1. The van der Waals surface area contributed by atoms with E-state index in [0.717, 1.165) is 32.1 Å². The molecule has 0 bridgehead atoms. The van der Waals surface area contributed by atoms with E-state index >= 15 is 0 Å². The van der Waals surface area contributed by atoms with Gasteiger partial charge in [-0.3, -0.25) is 4.18 Å². The number of hydrogen-bond acceptors (Lipinski definition) is 3. The van der Waals surface area contributed by atoms with Crippen molar-refractivity contribution in [2.75, 3.05) is 12.4 Å². The Morgan fingerprint density at radius 2 is 0.590 bits per heavy atom. The van der Waals surface area contributed by atoms with Crippen LogP contribution in [-0.2, 0) is 14.3 Å². The molecule has 1 radical (unpaired) electrons. The van der Waals surface area contributed by atoms with Crippen LogP contribution in [0.25, 0.3) is 0 Å². The zero-order valence-electron chi connectivity index (χ0n) is 27.3. The van der Waals surface area contributed by atoms with Gasteiger partial charge in [0.1, 0.15) is 0 Å². The molecular weight excluding hydrogens is 511 g/mol. The molecular formula is C34H70NaO3S. The van der Waals surface area contributed by atoms with E-state index in [1.54, 1.807) is 0 Å². The predicted octanol–water partition coefficient (Wildman–Crippen LogP) is 11.7. The van der Waals surface area contributed by atoms with Crippen LogP contribution in [0.2, 0.25) is 0 Å². The third-order valence-electron chi connectivity index (χ3n) is 8.01. The van der Waals surface area contributed by atoms with E-state index in [1.807, 2.05) is 0 Å². The molecule has 0 heterocycles. The van der Waals surface area contributed by atoms with Crippen LogP contribution in [0.3, 0.4) is 0 Å². The van der Waals surface area contributed by atoms with Crippen LogP contribution in [-0.4, -0.2) is 50.3 Å². The van der Waals surface area contributed by atoms with Crippen molar-refractivity contribution in [2.45, 2.75) is 206 Å². The quantitative estimate of drug-likeness (QED) is 0.0440. The number of rotatable bonds is 33. The standard InChI is InChI=1S/C34H70O3S.Na/c1-3-5-7-9-11-13-15-17-19-20-22-24-26-28-30-32-34-38(35,36)37-33-31-29-27-25-23-21-18-16-14-12-10-8-6-4-2;/h3-34H2,1-2H3;. The third kappa shape index (κ3) is 36.9. The molecule has 0 atom stereocenters. The summed E-state index contributed by atoms with van der Waals surface area (Å²) in [4.78, 5) is 0. The second kappa shape index (κ2) is 35.1. The fourth-order valence-corrected chi connectivity index (χ4v) is 6.42. The normalized spacial score (nSPS) is 11.6. The summed E-state index contributed by atoms with van der Waals surface area (Å²) in [5.41, 5.74) is 0. The summed E-state index contributed by atoms with van der Waals surface area (Å²) in [7, 11) is -3.32. The van der Waals surface area contributed by atoms with Gasteiger partial charge in [-0.25, -0.2) is 0 Å². The first kappa shape index (κ1) is 42.0. The van der Waals surface area contributed by atoms with Crippen molar-refractivity contribution >= 4 is 39.7 Å². The largest absolute Gasteiger partial charge is 0.270 e. The van der Waals surface area contributed by atoms with Crippen LogP contribution in [0.4, 0.5) is 0 Å². The van der Waals surface area contributed by atoms with Gasteiger partial charge in [-0.15, -0.1) is 0 Å². The molecule has 0 unspecified atom stereocenters. The summed E-state index contributed by atoms with van der Waals surface area (Å²) in [6, 6.07) is 0. The van der Waals surface area contributed by atoms with Crippen LogP contribution in [0, 0.1) is 0 Å². The van der Waals surface area contributed by atoms with E-state index in [0.29, 0.717) is 6.61 Å². The molecule has 0 saturated heterocycles. The minimum Gasteiger partial charge on any atom is -0.270 e. The van der Waals surface area contributed by atoms with Crippen molar-refractivity contribution in [3.05, 3.63) is 0 Å².